The van der Waals surface area contributed by atoms with Gasteiger partial charge >= 0.3 is 0 Å². The molecule has 0 fully saturated rings. The van der Waals surface area contributed by atoms with Gasteiger partial charge in [-0.1, -0.05) is 39.3 Å². The second-order valence-corrected chi connectivity index (χ2v) is 5.60. The molecule has 0 bridgehead atoms. The van der Waals surface area contributed by atoms with Crippen molar-refractivity contribution in [1.29, 1.82) is 5.26 Å². The highest BCUT2D eigenvalue weighted by Gasteiger charge is 2.26. The van der Waals surface area contributed by atoms with Crippen molar-refractivity contribution in [2.24, 2.45) is 11.3 Å². The van der Waals surface area contributed by atoms with E-state index in [4.69, 9.17) is 5.26 Å². The highest BCUT2D eigenvalue weighted by atomic mass is 16.2. The molecule has 94 valence electrons. The summed E-state index contributed by atoms with van der Waals surface area (Å²) in [6, 6.07) is 2.08. The number of carbonyl (C=O) groups excluding carboxylic acids is 1. The van der Waals surface area contributed by atoms with Crippen molar-refractivity contribution in [3.05, 3.63) is 11.6 Å². The average molecular weight is 234 g/mol. The Labute approximate surface area is 104 Å². The van der Waals surface area contributed by atoms with Crippen molar-refractivity contribution < 1.29 is 4.79 Å². The van der Waals surface area contributed by atoms with E-state index in [1.807, 2.05) is 6.92 Å². The molecular weight excluding hydrogens is 212 g/mol. The Morgan fingerprint density at radius 1 is 1.59 bits per heavy atom. The fourth-order valence-electron chi connectivity index (χ4n) is 2.09. The third kappa shape index (κ3) is 3.33. The number of hydrogen-bond donors (Lipinski definition) is 0. The quantitative estimate of drug-likeness (QED) is 0.689. The van der Waals surface area contributed by atoms with Crippen molar-refractivity contribution >= 4 is 5.91 Å². The second-order valence-electron chi connectivity index (χ2n) is 5.60. The maximum absolute atomic E-state index is 12.0. The van der Waals surface area contributed by atoms with Gasteiger partial charge < -0.3 is 4.90 Å². The summed E-state index contributed by atoms with van der Waals surface area (Å²) in [4.78, 5) is 13.8. The van der Waals surface area contributed by atoms with Crippen LogP contribution in [0.15, 0.2) is 11.6 Å². The maximum Gasteiger partial charge on any atom is 0.240 e. The molecule has 0 radical (unpaired) electrons. The van der Waals surface area contributed by atoms with Crippen LogP contribution in [0.2, 0.25) is 0 Å². The zero-order valence-electron chi connectivity index (χ0n) is 11.3. The van der Waals surface area contributed by atoms with Crippen LogP contribution in [0.4, 0.5) is 0 Å². The highest BCUT2D eigenvalue weighted by Crippen LogP contribution is 2.30. The molecule has 1 unspecified atom stereocenters. The first kappa shape index (κ1) is 13.8. The van der Waals surface area contributed by atoms with E-state index in [0.717, 1.165) is 13.0 Å². The number of amides is 1. The van der Waals surface area contributed by atoms with E-state index in [0.29, 0.717) is 13.0 Å². The lowest BCUT2D eigenvalue weighted by molar-refractivity contribution is -0.133. The van der Waals surface area contributed by atoms with Crippen LogP contribution in [0.1, 0.15) is 40.5 Å². The van der Waals surface area contributed by atoms with Gasteiger partial charge in [0, 0.05) is 13.1 Å². The fraction of sp³-hybridized carbons (Fsp3) is 0.714. The monoisotopic (exact) mass is 234 g/mol. The first-order chi connectivity index (χ1) is 7.90. The minimum Gasteiger partial charge on any atom is -0.338 e. The van der Waals surface area contributed by atoms with Crippen LogP contribution in [-0.2, 0) is 4.79 Å². The molecule has 1 heterocycles. The molecule has 1 amide bonds. The third-order valence-corrected chi connectivity index (χ3v) is 3.35. The predicted molar refractivity (Wildman–Crippen MR) is 68.1 cm³/mol. The SMILES string of the molecule is CCC(C#N)C(=O)N1CC=C(C(C)(C)C)CC1. The van der Waals surface area contributed by atoms with Gasteiger partial charge in [0.25, 0.3) is 0 Å². The Morgan fingerprint density at radius 2 is 2.24 bits per heavy atom. The first-order valence-corrected chi connectivity index (χ1v) is 6.28. The van der Waals surface area contributed by atoms with E-state index in [-0.39, 0.29) is 11.3 Å². The molecule has 17 heavy (non-hydrogen) atoms. The lowest BCUT2D eigenvalue weighted by atomic mass is 9.83. The smallest absolute Gasteiger partial charge is 0.240 e. The van der Waals surface area contributed by atoms with Gasteiger partial charge in [0.15, 0.2) is 0 Å². The van der Waals surface area contributed by atoms with Crippen LogP contribution in [0.25, 0.3) is 0 Å². The molecule has 0 aromatic carbocycles. The molecule has 0 saturated carbocycles. The molecule has 3 nitrogen and oxygen atoms in total. The predicted octanol–water partition coefficient (Wildman–Crippen LogP) is 2.74. The molecule has 0 N–H and O–H groups in total. The Balaban J connectivity index is 2.67. The zero-order valence-corrected chi connectivity index (χ0v) is 11.3. The molecule has 3 heteroatoms. The average Bonchev–Trinajstić information content (AvgIpc) is 2.29. The summed E-state index contributed by atoms with van der Waals surface area (Å²) in [7, 11) is 0. The van der Waals surface area contributed by atoms with E-state index in [1.165, 1.54) is 5.57 Å². The summed E-state index contributed by atoms with van der Waals surface area (Å²) < 4.78 is 0. The largest absolute Gasteiger partial charge is 0.338 e. The van der Waals surface area contributed by atoms with Gasteiger partial charge in [-0.05, 0) is 18.3 Å². The molecule has 0 aromatic heterocycles. The molecule has 1 atom stereocenters. The lowest BCUT2D eigenvalue weighted by Gasteiger charge is -2.32. The second kappa shape index (κ2) is 5.35. The topological polar surface area (TPSA) is 44.1 Å². The number of nitriles is 1. The standard InChI is InChI=1S/C14H22N2O/c1-5-11(10-15)13(17)16-8-6-12(7-9-16)14(2,3)4/h6,11H,5,7-9H2,1-4H3. The molecular formula is C14H22N2O. The summed E-state index contributed by atoms with van der Waals surface area (Å²) >= 11 is 0. The summed E-state index contributed by atoms with van der Waals surface area (Å²) in [5.41, 5.74) is 1.60. The van der Waals surface area contributed by atoms with Gasteiger partial charge in [0.05, 0.1) is 6.07 Å². The minimum absolute atomic E-state index is 0.0146. The third-order valence-electron chi connectivity index (χ3n) is 3.35. The summed E-state index contributed by atoms with van der Waals surface area (Å²) in [6.07, 6.45) is 3.67. The van der Waals surface area contributed by atoms with Crippen molar-refractivity contribution in [2.75, 3.05) is 13.1 Å². The van der Waals surface area contributed by atoms with Crippen LogP contribution in [0.5, 0.6) is 0 Å². The van der Waals surface area contributed by atoms with E-state index < -0.39 is 5.92 Å². The molecule has 1 aliphatic rings. The van der Waals surface area contributed by atoms with Gasteiger partial charge in [0.1, 0.15) is 5.92 Å². The number of rotatable bonds is 2. The fourth-order valence-corrected chi connectivity index (χ4v) is 2.09. The molecule has 1 rings (SSSR count). The molecule has 0 saturated heterocycles. The van der Waals surface area contributed by atoms with Gasteiger partial charge in [-0.3, -0.25) is 4.79 Å². The Kier molecular flexibility index (Phi) is 4.34. The van der Waals surface area contributed by atoms with Crippen molar-refractivity contribution in [3.63, 3.8) is 0 Å². The normalized spacial score (nSPS) is 18.3. The van der Waals surface area contributed by atoms with Crippen LogP contribution in [-0.4, -0.2) is 23.9 Å². The Morgan fingerprint density at radius 3 is 2.59 bits per heavy atom. The number of hydrogen-bond acceptors (Lipinski definition) is 2. The van der Waals surface area contributed by atoms with Gasteiger partial charge in [-0.15, -0.1) is 0 Å². The first-order valence-electron chi connectivity index (χ1n) is 6.28. The van der Waals surface area contributed by atoms with Crippen LogP contribution >= 0.6 is 0 Å². The Hall–Kier alpha value is -1.30. The molecule has 0 spiro atoms. The van der Waals surface area contributed by atoms with Gasteiger partial charge in [0.2, 0.25) is 5.91 Å². The summed E-state index contributed by atoms with van der Waals surface area (Å²) in [5, 5.41) is 8.90. The van der Waals surface area contributed by atoms with E-state index in [1.54, 1.807) is 4.90 Å². The van der Waals surface area contributed by atoms with Crippen molar-refractivity contribution in [1.82, 2.24) is 4.90 Å². The Bertz CT molecular complexity index is 357. The van der Waals surface area contributed by atoms with Crippen molar-refractivity contribution in [2.45, 2.75) is 40.5 Å². The number of carbonyl (C=O) groups is 1. The van der Waals surface area contributed by atoms with Gasteiger partial charge in [-0.25, -0.2) is 0 Å². The van der Waals surface area contributed by atoms with E-state index in [9.17, 15) is 4.79 Å². The summed E-state index contributed by atoms with van der Waals surface area (Å²) in [5.74, 6) is -0.487. The number of nitrogens with zero attached hydrogens (tertiary/aromatic N) is 2. The summed E-state index contributed by atoms with van der Waals surface area (Å²) in [6.45, 7) is 9.87. The highest BCUT2D eigenvalue weighted by molar-refractivity contribution is 5.81. The molecule has 1 aliphatic heterocycles. The van der Waals surface area contributed by atoms with Gasteiger partial charge in [-0.2, -0.15) is 5.26 Å². The zero-order chi connectivity index (χ0) is 13.1. The van der Waals surface area contributed by atoms with E-state index in [2.05, 4.69) is 32.9 Å². The minimum atomic E-state index is -0.473. The van der Waals surface area contributed by atoms with Crippen molar-refractivity contribution in [3.8, 4) is 6.07 Å². The van der Waals surface area contributed by atoms with Crippen LogP contribution in [0, 0.1) is 22.7 Å². The maximum atomic E-state index is 12.0. The van der Waals surface area contributed by atoms with Crippen LogP contribution < -0.4 is 0 Å². The van der Waals surface area contributed by atoms with Crippen LogP contribution in [0.3, 0.4) is 0 Å². The molecule has 0 aromatic rings. The van der Waals surface area contributed by atoms with E-state index >= 15 is 0 Å². The lowest BCUT2D eigenvalue weighted by Crippen LogP contribution is -2.39. The molecule has 0 aliphatic carbocycles.